The zero-order valence-electron chi connectivity index (χ0n) is 13.6. The molecule has 0 bridgehead atoms. The van der Waals surface area contributed by atoms with Crippen LogP contribution >= 0.6 is 0 Å². The SMILES string of the molecule is CCc1nc2ccccc2n1CC(=O)N(C)Cc1ccccc1. The van der Waals surface area contributed by atoms with Crippen molar-refractivity contribution in [1.82, 2.24) is 14.5 Å². The maximum atomic E-state index is 12.6. The maximum absolute atomic E-state index is 12.6. The second-order valence-electron chi connectivity index (χ2n) is 5.69. The van der Waals surface area contributed by atoms with Crippen molar-refractivity contribution in [1.29, 1.82) is 0 Å². The first-order valence-corrected chi connectivity index (χ1v) is 7.91. The lowest BCUT2D eigenvalue weighted by molar-refractivity contribution is -0.131. The minimum Gasteiger partial charge on any atom is -0.340 e. The highest BCUT2D eigenvalue weighted by Crippen LogP contribution is 2.17. The molecule has 3 aromatic rings. The van der Waals surface area contributed by atoms with Gasteiger partial charge in [0.2, 0.25) is 5.91 Å². The van der Waals surface area contributed by atoms with Gasteiger partial charge in [0.05, 0.1) is 11.0 Å². The van der Waals surface area contributed by atoms with Crippen molar-refractivity contribution in [3.8, 4) is 0 Å². The molecule has 0 N–H and O–H groups in total. The summed E-state index contributed by atoms with van der Waals surface area (Å²) in [6, 6.07) is 18.0. The predicted octanol–water partition coefficient (Wildman–Crippen LogP) is 3.26. The van der Waals surface area contributed by atoms with E-state index in [2.05, 4.69) is 11.9 Å². The Morgan fingerprint density at radius 3 is 2.52 bits per heavy atom. The minimum absolute atomic E-state index is 0.0895. The highest BCUT2D eigenvalue weighted by molar-refractivity contribution is 5.81. The van der Waals surface area contributed by atoms with Gasteiger partial charge in [0, 0.05) is 20.0 Å². The van der Waals surface area contributed by atoms with Gasteiger partial charge in [0.1, 0.15) is 12.4 Å². The van der Waals surface area contributed by atoms with E-state index in [0.29, 0.717) is 13.1 Å². The molecule has 0 unspecified atom stereocenters. The molecule has 1 heterocycles. The number of aromatic nitrogens is 2. The van der Waals surface area contributed by atoms with Crippen LogP contribution in [0.15, 0.2) is 54.6 Å². The first kappa shape index (κ1) is 15.3. The number of hydrogen-bond acceptors (Lipinski definition) is 2. The fourth-order valence-corrected chi connectivity index (χ4v) is 2.77. The van der Waals surface area contributed by atoms with Crippen LogP contribution < -0.4 is 0 Å². The first-order chi connectivity index (χ1) is 11.2. The Morgan fingerprint density at radius 2 is 1.78 bits per heavy atom. The van der Waals surface area contributed by atoms with Crippen LogP contribution in [0.5, 0.6) is 0 Å². The number of rotatable bonds is 5. The van der Waals surface area contributed by atoms with Crippen LogP contribution in [0, 0.1) is 0 Å². The molecule has 1 amide bonds. The van der Waals surface area contributed by atoms with Gasteiger partial charge in [-0.3, -0.25) is 4.79 Å². The van der Waals surface area contributed by atoms with Crippen molar-refractivity contribution in [2.45, 2.75) is 26.4 Å². The molecule has 0 saturated carbocycles. The van der Waals surface area contributed by atoms with Crippen molar-refractivity contribution in [2.75, 3.05) is 7.05 Å². The van der Waals surface area contributed by atoms with E-state index in [4.69, 9.17) is 0 Å². The van der Waals surface area contributed by atoms with Gasteiger partial charge >= 0.3 is 0 Å². The van der Waals surface area contributed by atoms with Gasteiger partial charge in [0.15, 0.2) is 0 Å². The van der Waals surface area contributed by atoms with Crippen molar-refractivity contribution in [3.05, 3.63) is 66.0 Å². The summed E-state index contributed by atoms with van der Waals surface area (Å²) >= 11 is 0. The summed E-state index contributed by atoms with van der Waals surface area (Å²) in [5.41, 5.74) is 3.10. The number of benzene rings is 2. The van der Waals surface area contributed by atoms with Gasteiger partial charge in [-0.2, -0.15) is 0 Å². The Morgan fingerprint density at radius 1 is 1.09 bits per heavy atom. The number of nitrogens with zero attached hydrogens (tertiary/aromatic N) is 3. The number of fused-ring (bicyclic) bond motifs is 1. The molecule has 0 saturated heterocycles. The van der Waals surface area contributed by atoms with Gasteiger partial charge in [-0.05, 0) is 17.7 Å². The second kappa shape index (κ2) is 6.65. The summed E-state index contributed by atoms with van der Waals surface area (Å²) in [4.78, 5) is 19.0. The van der Waals surface area contributed by atoms with E-state index in [1.165, 1.54) is 0 Å². The zero-order valence-corrected chi connectivity index (χ0v) is 13.6. The summed E-state index contributed by atoms with van der Waals surface area (Å²) < 4.78 is 2.03. The summed E-state index contributed by atoms with van der Waals surface area (Å²) in [6.07, 6.45) is 0.810. The van der Waals surface area contributed by atoms with E-state index in [0.717, 1.165) is 28.8 Å². The van der Waals surface area contributed by atoms with Crippen molar-refractivity contribution < 1.29 is 4.79 Å². The van der Waals surface area contributed by atoms with Crippen LogP contribution in [0.25, 0.3) is 11.0 Å². The van der Waals surface area contributed by atoms with Crippen molar-refractivity contribution >= 4 is 16.9 Å². The fourth-order valence-electron chi connectivity index (χ4n) is 2.77. The van der Waals surface area contributed by atoms with Crippen molar-refractivity contribution in [3.63, 3.8) is 0 Å². The zero-order chi connectivity index (χ0) is 16.2. The Hall–Kier alpha value is -2.62. The summed E-state index contributed by atoms with van der Waals surface area (Å²) in [5, 5.41) is 0. The van der Waals surface area contributed by atoms with Crippen LogP contribution in [0.1, 0.15) is 18.3 Å². The second-order valence-corrected chi connectivity index (χ2v) is 5.69. The minimum atomic E-state index is 0.0895. The van der Waals surface area contributed by atoms with E-state index < -0.39 is 0 Å². The van der Waals surface area contributed by atoms with E-state index in [1.54, 1.807) is 4.90 Å². The Bertz CT molecular complexity index is 808. The highest BCUT2D eigenvalue weighted by Gasteiger charge is 2.15. The van der Waals surface area contributed by atoms with Crippen LogP contribution in [0.4, 0.5) is 0 Å². The van der Waals surface area contributed by atoms with Gasteiger partial charge < -0.3 is 9.47 Å². The van der Waals surface area contributed by atoms with Crippen LogP contribution in [-0.4, -0.2) is 27.4 Å². The van der Waals surface area contributed by atoms with E-state index >= 15 is 0 Å². The monoisotopic (exact) mass is 307 g/mol. The Kier molecular flexibility index (Phi) is 4.42. The molecule has 3 rings (SSSR count). The lowest BCUT2D eigenvalue weighted by atomic mass is 10.2. The number of hydrogen-bond donors (Lipinski definition) is 0. The molecule has 118 valence electrons. The van der Waals surface area contributed by atoms with E-state index in [9.17, 15) is 4.79 Å². The molecule has 23 heavy (non-hydrogen) atoms. The molecule has 0 spiro atoms. The highest BCUT2D eigenvalue weighted by atomic mass is 16.2. The summed E-state index contributed by atoms with van der Waals surface area (Å²) in [7, 11) is 1.85. The maximum Gasteiger partial charge on any atom is 0.242 e. The molecule has 0 fully saturated rings. The third-order valence-corrected chi connectivity index (χ3v) is 4.03. The normalized spacial score (nSPS) is 10.9. The van der Waals surface area contributed by atoms with Crippen LogP contribution in [0.2, 0.25) is 0 Å². The number of imidazole rings is 1. The average Bonchev–Trinajstić information content (AvgIpc) is 2.93. The van der Waals surface area contributed by atoms with Gasteiger partial charge in [-0.15, -0.1) is 0 Å². The fraction of sp³-hybridized carbons (Fsp3) is 0.263. The van der Waals surface area contributed by atoms with Gasteiger partial charge in [0.25, 0.3) is 0 Å². The molecule has 4 nitrogen and oxygen atoms in total. The standard InChI is InChI=1S/C19H21N3O/c1-3-18-20-16-11-7-8-12-17(16)22(18)14-19(23)21(2)13-15-9-5-4-6-10-15/h4-12H,3,13-14H2,1-2H3. The summed E-state index contributed by atoms with van der Waals surface area (Å²) in [6.45, 7) is 3.01. The van der Waals surface area contributed by atoms with Crippen molar-refractivity contribution in [2.24, 2.45) is 0 Å². The number of aryl methyl sites for hydroxylation is 1. The molecule has 0 aliphatic heterocycles. The Balaban J connectivity index is 1.80. The smallest absolute Gasteiger partial charge is 0.242 e. The third-order valence-electron chi connectivity index (χ3n) is 4.03. The lowest BCUT2D eigenvalue weighted by Gasteiger charge is -2.18. The molecular formula is C19H21N3O. The first-order valence-electron chi connectivity index (χ1n) is 7.91. The lowest BCUT2D eigenvalue weighted by Crippen LogP contribution is -2.30. The third kappa shape index (κ3) is 3.26. The molecule has 0 aliphatic rings. The molecule has 0 radical (unpaired) electrons. The van der Waals surface area contributed by atoms with Gasteiger partial charge in [-0.1, -0.05) is 49.4 Å². The number of carbonyl (C=O) groups excluding carboxylic acids is 1. The molecule has 0 atom stereocenters. The average molecular weight is 307 g/mol. The predicted molar refractivity (Wildman–Crippen MR) is 92.0 cm³/mol. The summed E-state index contributed by atoms with van der Waals surface area (Å²) in [5.74, 6) is 1.04. The number of amides is 1. The van der Waals surface area contributed by atoms with E-state index in [-0.39, 0.29) is 5.91 Å². The molecule has 4 heteroatoms. The van der Waals surface area contributed by atoms with Crippen LogP contribution in [0.3, 0.4) is 0 Å². The Labute approximate surface area is 136 Å². The molecule has 1 aromatic heterocycles. The molecular weight excluding hydrogens is 286 g/mol. The molecule has 0 aliphatic carbocycles. The van der Waals surface area contributed by atoms with Crippen LogP contribution in [-0.2, 0) is 24.3 Å². The topological polar surface area (TPSA) is 38.1 Å². The number of para-hydroxylation sites is 2. The van der Waals surface area contributed by atoms with Gasteiger partial charge in [-0.25, -0.2) is 4.98 Å². The number of likely N-dealkylation sites (N-methyl/N-ethyl adjacent to an activating group) is 1. The quantitative estimate of drug-likeness (QED) is 0.725. The number of carbonyl (C=O) groups is 1. The van der Waals surface area contributed by atoms with E-state index in [1.807, 2.05) is 66.2 Å². The molecule has 2 aromatic carbocycles. The largest absolute Gasteiger partial charge is 0.340 e.